The number of halogens is 1. The van der Waals surface area contributed by atoms with Crippen LogP contribution in [0.1, 0.15) is 16.8 Å². The van der Waals surface area contributed by atoms with Gasteiger partial charge < -0.3 is 5.32 Å². The maximum Gasteiger partial charge on any atom is 0.246 e. The summed E-state index contributed by atoms with van der Waals surface area (Å²) in [4.78, 5) is 17.3. The number of aromatic nitrogens is 5. The van der Waals surface area contributed by atoms with Crippen LogP contribution in [0.2, 0.25) is 0 Å². The highest BCUT2D eigenvalue weighted by Crippen LogP contribution is 2.30. The second-order valence-electron chi connectivity index (χ2n) is 8.27. The van der Waals surface area contributed by atoms with Crippen molar-refractivity contribution in [2.45, 2.75) is 26.9 Å². The number of benzene rings is 2. The van der Waals surface area contributed by atoms with E-state index in [0.717, 1.165) is 27.8 Å². The molecule has 0 unspecified atom stereocenters. The van der Waals surface area contributed by atoms with Gasteiger partial charge in [0.2, 0.25) is 5.91 Å². The number of carbonyl (C=O) groups is 1. The fourth-order valence-corrected chi connectivity index (χ4v) is 4.04. The number of hydrogen-bond acceptors (Lipinski definition) is 4. The van der Waals surface area contributed by atoms with Gasteiger partial charge in [-0.2, -0.15) is 10.2 Å². The Morgan fingerprint density at radius 2 is 1.91 bits per heavy atom. The molecular formula is C26H23FN6O. The number of nitrogens with one attached hydrogen (secondary N) is 1. The minimum absolute atomic E-state index is 0.0176. The average Bonchev–Trinajstić information content (AvgIpc) is 3.38. The van der Waals surface area contributed by atoms with E-state index in [9.17, 15) is 9.18 Å². The van der Waals surface area contributed by atoms with Gasteiger partial charge in [0.1, 0.15) is 12.4 Å². The van der Waals surface area contributed by atoms with Crippen LogP contribution in [0.3, 0.4) is 0 Å². The maximum absolute atomic E-state index is 13.4. The average molecular weight is 455 g/mol. The number of pyridine rings is 1. The zero-order chi connectivity index (χ0) is 23.7. The highest BCUT2D eigenvalue weighted by atomic mass is 19.1. The summed E-state index contributed by atoms with van der Waals surface area (Å²) in [6.45, 7) is 4.40. The van der Waals surface area contributed by atoms with Crippen molar-refractivity contribution >= 4 is 22.6 Å². The molecule has 0 saturated carbocycles. The molecule has 2 aromatic carbocycles. The minimum Gasteiger partial charge on any atom is -0.322 e. The molecule has 5 rings (SSSR count). The van der Waals surface area contributed by atoms with E-state index in [4.69, 9.17) is 0 Å². The normalized spacial score (nSPS) is 11.1. The highest BCUT2D eigenvalue weighted by Gasteiger charge is 2.16. The first-order valence-corrected chi connectivity index (χ1v) is 10.9. The SMILES string of the molecule is Cc1ccc(-c2ccnc3c2c(C)nn3CC(=O)Nc2cnn(Cc3cccc(F)c3)c2)cc1. The summed E-state index contributed by atoms with van der Waals surface area (Å²) in [5.74, 6) is -0.531. The van der Waals surface area contributed by atoms with E-state index in [1.54, 1.807) is 34.0 Å². The van der Waals surface area contributed by atoms with Gasteiger partial charge in [-0.25, -0.2) is 14.1 Å². The lowest BCUT2D eigenvalue weighted by Gasteiger charge is -2.06. The predicted molar refractivity (Wildman–Crippen MR) is 129 cm³/mol. The number of nitrogens with zero attached hydrogens (tertiary/aromatic N) is 5. The van der Waals surface area contributed by atoms with Crippen molar-refractivity contribution < 1.29 is 9.18 Å². The maximum atomic E-state index is 13.4. The molecule has 170 valence electrons. The molecule has 0 aliphatic carbocycles. The Balaban J connectivity index is 1.33. The van der Waals surface area contributed by atoms with Crippen LogP contribution in [0, 0.1) is 19.7 Å². The Labute approximate surface area is 195 Å². The van der Waals surface area contributed by atoms with Crippen molar-refractivity contribution in [1.29, 1.82) is 0 Å². The smallest absolute Gasteiger partial charge is 0.246 e. The van der Waals surface area contributed by atoms with Crippen LogP contribution in [0.15, 0.2) is 73.2 Å². The summed E-state index contributed by atoms with van der Waals surface area (Å²) in [7, 11) is 0. The minimum atomic E-state index is -0.293. The van der Waals surface area contributed by atoms with Crippen molar-refractivity contribution in [1.82, 2.24) is 24.5 Å². The van der Waals surface area contributed by atoms with E-state index >= 15 is 0 Å². The molecule has 5 aromatic rings. The number of anilines is 1. The van der Waals surface area contributed by atoms with Gasteiger partial charge in [-0.1, -0.05) is 42.0 Å². The summed E-state index contributed by atoms with van der Waals surface area (Å²) in [5.41, 5.74) is 6.13. The van der Waals surface area contributed by atoms with Crippen LogP contribution in [0.4, 0.5) is 10.1 Å². The van der Waals surface area contributed by atoms with Crippen LogP contribution in [0.25, 0.3) is 22.2 Å². The number of aryl methyl sites for hydroxylation is 2. The number of fused-ring (bicyclic) bond motifs is 1. The summed E-state index contributed by atoms with van der Waals surface area (Å²) < 4.78 is 16.7. The Kier molecular flexibility index (Phi) is 5.63. The van der Waals surface area contributed by atoms with Crippen LogP contribution in [-0.4, -0.2) is 30.5 Å². The molecule has 0 saturated heterocycles. The molecule has 0 aliphatic heterocycles. The lowest BCUT2D eigenvalue weighted by atomic mass is 10.0. The molecule has 0 fully saturated rings. The van der Waals surface area contributed by atoms with Gasteiger partial charge in [-0.3, -0.25) is 9.48 Å². The predicted octanol–water partition coefficient (Wildman–Crippen LogP) is 4.74. The third-order valence-corrected chi connectivity index (χ3v) is 5.61. The number of hydrogen-bond donors (Lipinski definition) is 1. The highest BCUT2D eigenvalue weighted by molar-refractivity contribution is 5.96. The van der Waals surface area contributed by atoms with Crippen LogP contribution in [-0.2, 0) is 17.9 Å². The van der Waals surface area contributed by atoms with E-state index < -0.39 is 0 Å². The van der Waals surface area contributed by atoms with Crippen molar-refractivity contribution in [3.05, 3.63) is 95.8 Å². The molecule has 3 heterocycles. The Hall–Kier alpha value is -4.33. The summed E-state index contributed by atoms with van der Waals surface area (Å²) in [6, 6.07) is 16.6. The molecule has 0 radical (unpaired) electrons. The number of amides is 1. The molecule has 7 nitrogen and oxygen atoms in total. The monoisotopic (exact) mass is 454 g/mol. The summed E-state index contributed by atoms with van der Waals surface area (Å²) in [5, 5.41) is 12.6. The van der Waals surface area contributed by atoms with Gasteiger partial charge >= 0.3 is 0 Å². The Morgan fingerprint density at radius 1 is 1.09 bits per heavy atom. The molecule has 0 atom stereocenters. The Bertz CT molecular complexity index is 1490. The van der Waals surface area contributed by atoms with E-state index in [1.165, 1.54) is 17.7 Å². The first kappa shape index (κ1) is 21.5. The zero-order valence-electron chi connectivity index (χ0n) is 18.9. The molecule has 1 N–H and O–H groups in total. The van der Waals surface area contributed by atoms with Crippen molar-refractivity contribution in [3.63, 3.8) is 0 Å². The van der Waals surface area contributed by atoms with Crippen LogP contribution < -0.4 is 5.32 Å². The fraction of sp³-hybridized carbons (Fsp3) is 0.154. The molecule has 1 amide bonds. The van der Waals surface area contributed by atoms with Crippen molar-refractivity contribution in [3.8, 4) is 11.1 Å². The molecule has 0 spiro atoms. The molecule has 3 aromatic heterocycles. The molecule has 8 heteroatoms. The van der Waals surface area contributed by atoms with E-state index in [0.29, 0.717) is 17.9 Å². The quantitative estimate of drug-likeness (QED) is 0.402. The Morgan fingerprint density at radius 3 is 2.71 bits per heavy atom. The lowest BCUT2D eigenvalue weighted by Crippen LogP contribution is -2.19. The van der Waals surface area contributed by atoms with Gasteiger partial charge in [0.15, 0.2) is 5.65 Å². The van der Waals surface area contributed by atoms with E-state index in [-0.39, 0.29) is 18.3 Å². The van der Waals surface area contributed by atoms with Crippen LogP contribution in [0.5, 0.6) is 0 Å². The first-order chi connectivity index (χ1) is 16.5. The topological polar surface area (TPSA) is 77.6 Å². The number of rotatable bonds is 6. The third kappa shape index (κ3) is 4.43. The van der Waals surface area contributed by atoms with Gasteiger partial charge in [0.05, 0.1) is 24.1 Å². The molecule has 34 heavy (non-hydrogen) atoms. The van der Waals surface area contributed by atoms with Gasteiger partial charge in [0.25, 0.3) is 0 Å². The zero-order valence-corrected chi connectivity index (χ0v) is 18.9. The molecular weight excluding hydrogens is 431 g/mol. The number of carbonyl (C=O) groups excluding carboxylic acids is 1. The summed E-state index contributed by atoms with van der Waals surface area (Å²) >= 11 is 0. The molecule has 0 bridgehead atoms. The van der Waals surface area contributed by atoms with Gasteiger partial charge in [-0.15, -0.1) is 0 Å². The largest absolute Gasteiger partial charge is 0.322 e. The second-order valence-corrected chi connectivity index (χ2v) is 8.27. The lowest BCUT2D eigenvalue weighted by molar-refractivity contribution is -0.116. The van der Waals surface area contributed by atoms with Crippen molar-refractivity contribution in [2.24, 2.45) is 0 Å². The van der Waals surface area contributed by atoms with Crippen molar-refractivity contribution in [2.75, 3.05) is 5.32 Å². The standard InChI is InChI=1S/C26H23FN6O/c1-17-6-8-20(9-7-17)23-10-11-28-26-25(23)18(2)31-33(26)16-24(34)30-22-13-29-32(15-22)14-19-4-3-5-21(27)12-19/h3-13,15H,14,16H2,1-2H3,(H,30,34). The first-order valence-electron chi connectivity index (χ1n) is 10.9. The van der Waals surface area contributed by atoms with E-state index in [2.05, 4.69) is 51.7 Å². The van der Waals surface area contributed by atoms with Gasteiger partial charge in [-0.05, 0) is 48.7 Å². The van der Waals surface area contributed by atoms with Gasteiger partial charge in [0, 0.05) is 17.8 Å². The van der Waals surface area contributed by atoms with Crippen LogP contribution >= 0.6 is 0 Å². The van der Waals surface area contributed by atoms with E-state index in [1.807, 2.05) is 19.1 Å². The summed E-state index contributed by atoms with van der Waals surface area (Å²) in [6.07, 6.45) is 5.02. The third-order valence-electron chi connectivity index (χ3n) is 5.61. The fourth-order valence-electron chi connectivity index (χ4n) is 4.04. The second kappa shape index (κ2) is 8.90. The molecule has 0 aliphatic rings.